The van der Waals surface area contributed by atoms with Crippen molar-refractivity contribution in [2.45, 2.75) is 12.7 Å². The Labute approximate surface area is 128 Å². The lowest BCUT2D eigenvalue weighted by atomic mass is 10.2. The molecule has 0 radical (unpaired) electrons. The van der Waals surface area contributed by atoms with Crippen molar-refractivity contribution in [1.82, 2.24) is 14.8 Å². The Morgan fingerprint density at radius 3 is 2.59 bits per heavy atom. The predicted molar refractivity (Wildman–Crippen MR) is 78.0 cm³/mol. The van der Waals surface area contributed by atoms with Gasteiger partial charge >= 0.3 is 6.18 Å². The van der Waals surface area contributed by atoms with E-state index in [0.29, 0.717) is 12.2 Å². The van der Waals surface area contributed by atoms with Crippen LogP contribution in [0.5, 0.6) is 0 Å². The lowest BCUT2D eigenvalue weighted by molar-refractivity contribution is -0.137. The lowest BCUT2D eigenvalue weighted by Crippen LogP contribution is -2.05. The molecule has 0 atom stereocenters. The van der Waals surface area contributed by atoms with Crippen LogP contribution in [0.3, 0.4) is 0 Å². The molecule has 0 fully saturated rings. The first kappa shape index (κ1) is 14.6. The third-order valence-electron chi connectivity index (χ3n) is 3.00. The molecular weight excluding hydrogens is 313 g/mol. The van der Waals surface area contributed by atoms with Crippen LogP contribution in [0, 0.1) is 0 Å². The maximum atomic E-state index is 12.5. The molecule has 0 spiro atoms. The Bertz CT molecular complexity index is 732. The molecule has 4 nitrogen and oxygen atoms in total. The fourth-order valence-corrected chi connectivity index (χ4v) is 2.43. The van der Waals surface area contributed by atoms with Crippen molar-refractivity contribution in [2.75, 3.05) is 5.32 Å². The number of thiazole rings is 1. The van der Waals surface area contributed by atoms with Crippen molar-refractivity contribution in [3.05, 3.63) is 58.8 Å². The van der Waals surface area contributed by atoms with Gasteiger partial charge in [-0.2, -0.15) is 18.3 Å². The normalized spacial score (nSPS) is 11.6. The van der Waals surface area contributed by atoms with Crippen LogP contribution in [0.2, 0.25) is 0 Å². The summed E-state index contributed by atoms with van der Waals surface area (Å²) in [5.41, 5.74) is 3.34. The minimum Gasteiger partial charge on any atom is -0.377 e. The van der Waals surface area contributed by atoms with E-state index in [0.717, 1.165) is 23.5 Å². The zero-order valence-corrected chi connectivity index (χ0v) is 12.0. The number of halogens is 3. The fraction of sp³-hybridized carbons (Fsp3) is 0.143. The minimum absolute atomic E-state index is 0.565. The number of rotatable bonds is 4. The predicted octanol–water partition coefficient (Wildman–Crippen LogP) is 3.96. The zero-order valence-electron chi connectivity index (χ0n) is 11.2. The van der Waals surface area contributed by atoms with Crippen LogP contribution >= 0.6 is 11.3 Å². The molecule has 2 heterocycles. The summed E-state index contributed by atoms with van der Waals surface area (Å²) in [6, 6.07) is 4.86. The summed E-state index contributed by atoms with van der Waals surface area (Å²) in [4.78, 5) is 4.15. The van der Waals surface area contributed by atoms with E-state index < -0.39 is 11.7 Å². The van der Waals surface area contributed by atoms with Gasteiger partial charge in [-0.05, 0) is 24.3 Å². The summed E-state index contributed by atoms with van der Waals surface area (Å²) in [5.74, 6) is 0. The molecule has 0 bridgehead atoms. The van der Waals surface area contributed by atoms with Crippen LogP contribution in [0.1, 0.15) is 11.3 Å². The van der Waals surface area contributed by atoms with Gasteiger partial charge in [-0.25, -0.2) is 9.67 Å². The number of benzene rings is 1. The molecule has 114 valence electrons. The number of alkyl halides is 3. The smallest absolute Gasteiger partial charge is 0.377 e. The molecule has 1 N–H and O–H groups in total. The molecule has 0 aliphatic heterocycles. The van der Waals surface area contributed by atoms with E-state index in [2.05, 4.69) is 15.4 Å². The molecule has 0 aliphatic carbocycles. The van der Waals surface area contributed by atoms with Crippen molar-refractivity contribution in [3.63, 3.8) is 0 Å². The van der Waals surface area contributed by atoms with Gasteiger partial charge in [0.2, 0.25) is 0 Å². The van der Waals surface area contributed by atoms with Crippen molar-refractivity contribution in [2.24, 2.45) is 0 Å². The van der Waals surface area contributed by atoms with Crippen molar-refractivity contribution < 1.29 is 13.2 Å². The molecule has 2 aromatic heterocycles. The van der Waals surface area contributed by atoms with E-state index in [-0.39, 0.29) is 0 Å². The van der Waals surface area contributed by atoms with Crippen LogP contribution in [0.25, 0.3) is 5.69 Å². The molecule has 0 aliphatic rings. The second kappa shape index (κ2) is 5.80. The van der Waals surface area contributed by atoms with Gasteiger partial charge in [0.15, 0.2) is 0 Å². The molecule has 1 aromatic carbocycles. The topological polar surface area (TPSA) is 42.7 Å². The maximum Gasteiger partial charge on any atom is 0.416 e. The van der Waals surface area contributed by atoms with E-state index in [9.17, 15) is 13.2 Å². The first-order valence-electron chi connectivity index (χ1n) is 6.35. The highest BCUT2D eigenvalue weighted by Gasteiger charge is 2.29. The van der Waals surface area contributed by atoms with Gasteiger partial charge in [-0.1, -0.05) is 0 Å². The van der Waals surface area contributed by atoms with E-state index in [1.54, 1.807) is 17.9 Å². The highest BCUT2D eigenvalue weighted by molar-refractivity contribution is 7.07. The number of hydrogen-bond donors (Lipinski definition) is 1. The number of aromatic nitrogens is 3. The fourth-order valence-electron chi connectivity index (χ4n) is 1.88. The summed E-state index contributed by atoms with van der Waals surface area (Å²) >= 11 is 1.52. The average Bonchev–Trinajstić information content (AvgIpc) is 3.16. The Kier molecular flexibility index (Phi) is 3.84. The molecule has 22 heavy (non-hydrogen) atoms. The van der Waals surface area contributed by atoms with Crippen LogP contribution < -0.4 is 5.32 Å². The summed E-state index contributed by atoms with van der Waals surface area (Å²) in [7, 11) is 0. The van der Waals surface area contributed by atoms with Crippen LogP contribution in [-0.2, 0) is 12.7 Å². The molecule has 0 unspecified atom stereocenters. The first-order chi connectivity index (χ1) is 10.5. The Morgan fingerprint density at radius 1 is 1.18 bits per heavy atom. The number of anilines is 1. The second-order valence-electron chi connectivity index (χ2n) is 4.55. The third-order valence-corrected chi connectivity index (χ3v) is 3.63. The summed E-state index contributed by atoms with van der Waals surface area (Å²) in [6.07, 6.45) is -0.998. The number of hydrogen-bond acceptors (Lipinski definition) is 4. The van der Waals surface area contributed by atoms with Gasteiger partial charge in [0.05, 0.1) is 47.1 Å². The lowest BCUT2D eigenvalue weighted by Gasteiger charge is -2.07. The molecule has 0 saturated heterocycles. The Hall–Kier alpha value is -2.35. The van der Waals surface area contributed by atoms with Gasteiger partial charge in [0.25, 0.3) is 0 Å². The molecule has 8 heteroatoms. The number of nitrogens with one attached hydrogen (secondary N) is 1. The monoisotopic (exact) mass is 324 g/mol. The van der Waals surface area contributed by atoms with Gasteiger partial charge in [0.1, 0.15) is 0 Å². The van der Waals surface area contributed by atoms with Crippen molar-refractivity contribution >= 4 is 17.0 Å². The minimum atomic E-state index is -4.33. The highest BCUT2D eigenvalue weighted by atomic mass is 32.1. The molecule has 3 rings (SSSR count). The van der Waals surface area contributed by atoms with Crippen molar-refractivity contribution in [1.29, 1.82) is 0 Å². The Morgan fingerprint density at radius 2 is 1.95 bits per heavy atom. The van der Waals surface area contributed by atoms with Gasteiger partial charge in [-0.3, -0.25) is 0 Å². The van der Waals surface area contributed by atoms with E-state index >= 15 is 0 Å². The summed E-state index contributed by atoms with van der Waals surface area (Å²) in [5, 5.41) is 9.22. The van der Waals surface area contributed by atoms with E-state index in [1.165, 1.54) is 28.2 Å². The molecule has 0 amide bonds. The van der Waals surface area contributed by atoms with E-state index in [4.69, 9.17) is 0 Å². The van der Waals surface area contributed by atoms with Crippen molar-refractivity contribution in [3.8, 4) is 5.69 Å². The summed E-state index contributed by atoms with van der Waals surface area (Å²) in [6.45, 7) is 0.572. The van der Waals surface area contributed by atoms with Gasteiger partial charge in [0, 0.05) is 5.38 Å². The second-order valence-corrected chi connectivity index (χ2v) is 5.27. The van der Waals surface area contributed by atoms with Crippen LogP contribution in [-0.4, -0.2) is 14.8 Å². The number of nitrogens with zero attached hydrogens (tertiary/aromatic N) is 3. The zero-order chi connectivity index (χ0) is 15.6. The molecular formula is C14H11F3N4S. The quantitative estimate of drug-likeness (QED) is 0.790. The van der Waals surface area contributed by atoms with E-state index in [1.807, 2.05) is 5.38 Å². The Balaban J connectivity index is 1.70. The maximum absolute atomic E-state index is 12.5. The molecule has 0 saturated carbocycles. The molecule has 3 aromatic rings. The van der Waals surface area contributed by atoms with Crippen LogP contribution in [0.15, 0.2) is 47.5 Å². The largest absolute Gasteiger partial charge is 0.416 e. The summed E-state index contributed by atoms with van der Waals surface area (Å²) < 4.78 is 39.1. The van der Waals surface area contributed by atoms with Crippen LogP contribution in [0.4, 0.5) is 18.9 Å². The first-order valence-corrected chi connectivity index (χ1v) is 7.30. The third kappa shape index (κ3) is 3.28. The SMILES string of the molecule is FC(F)(F)c1ccc(-n2cc(NCc3cscn3)cn2)cc1. The van der Waals surface area contributed by atoms with Gasteiger partial charge < -0.3 is 5.32 Å². The van der Waals surface area contributed by atoms with Gasteiger partial charge in [-0.15, -0.1) is 11.3 Å². The standard InChI is InChI=1S/C14H11F3N4S/c15-14(16,17)10-1-3-13(4-2-10)21-7-11(6-20-21)18-5-12-8-22-9-19-12/h1-4,6-9,18H,5H2. The average molecular weight is 324 g/mol. The highest BCUT2D eigenvalue weighted by Crippen LogP contribution is 2.29.